The van der Waals surface area contributed by atoms with E-state index in [2.05, 4.69) is 12.2 Å². The van der Waals surface area contributed by atoms with E-state index in [1.165, 1.54) is 44.9 Å². The van der Waals surface area contributed by atoms with Crippen LogP contribution in [0, 0.1) is 40.4 Å². The molecule has 0 radical (unpaired) electrons. The average Bonchev–Trinajstić information content (AvgIpc) is 2.63. The van der Waals surface area contributed by atoms with Crippen molar-refractivity contribution in [2.24, 2.45) is 40.4 Å². The first-order valence-corrected chi connectivity index (χ1v) is 12.9. The van der Waals surface area contributed by atoms with Gasteiger partial charge in [-0.1, -0.05) is 0 Å². The van der Waals surface area contributed by atoms with E-state index in [4.69, 9.17) is 4.74 Å². The molecule has 8 aliphatic rings. The van der Waals surface area contributed by atoms with Gasteiger partial charge < -0.3 is 15.2 Å². The van der Waals surface area contributed by atoms with Gasteiger partial charge in [0.1, 0.15) is 0 Å². The molecule has 8 bridgehead atoms. The van der Waals surface area contributed by atoms with Crippen LogP contribution in [0.2, 0.25) is 0 Å². The number of ether oxygens (including phenoxy) is 1. The van der Waals surface area contributed by atoms with E-state index in [9.17, 15) is 14.7 Å². The number of hydrogen-bond donors (Lipinski definition) is 2. The van der Waals surface area contributed by atoms with E-state index < -0.39 is 5.60 Å². The van der Waals surface area contributed by atoms with E-state index in [0.717, 1.165) is 49.9 Å². The minimum atomic E-state index is -0.560. The van der Waals surface area contributed by atoms with Crippen molar-refractivity contribution in [2.75, 3.05) is 6.61 Å². The maximum atomic E-state index is 12.7. The Morgan fingerprint density at radius 2 is 1.45 bits per heavy atom. The molecule has 0 aliphatic heterocycles. The van der Waals surface area contributed by atoms with E-state index in [-0.39, 0.29) is 35.4 Å². The molecule has 2 N–H and O–H groups in total. The lowest BCUT2D eigenvalue weighted by atomic mass is 9.47. The minimum absolute atomic E-state index is 0.0983. The highest BCUT2D eigenvalue weighted by molar-refractivity contribution is 5.81. The molecule has 0 heterocycles. The van der Waals surface area contributed by atoms with Gasteiger partial charge in [0, 0.05) is 6.04 Å². The summed E-state index contributed by atoms with van der Waals surface area (Å²) in [6.45, 7) is 2.01. The molecular weight excluding hydrogens is 390 g/mol. The summed E-state index contributed by atoms with van der Waals surface area (Å²) in [5, 5.41) is 14.1. The number of hydrogen-bond acceptors (Lipinski definition) is 4. The van der Waals surface area contributed by atoms with Gasteiger partial charge in [-0.2, -0.15) is 0 Å². The lowest BCUT2D eigenvalue weighted by molar-refractivity contribution is -0.177. The summed E-state index contributed by atoms with van der Waals surface area (Å²) in [6, 6.07) is 0.157. The first kappa shape index (κ1) is 20.5. The minimum Gasteiger partial charge on any atom is -0.456 e. The molecule has 5 atom stereocenters. The SMILES string of the molecule is C[C@H](NC(=O)COC(=O)CC12C[C@@H]3C[C@@H](CC(O)(C3)C1)C2)C12CC3CC(CC(C3)C1)C2. The predicted octanol–water partition coefficient (Wildman–Crippen LogP) is 3.97. The highest BCUT2D eigenvalue weighted by Crippen LogP contribution is 2.63. The number of amides is 1. The molecule has 1 amide bonds. The zero-order valence-electron chi connectivity index (χ0n) is 19.0. The Labute approximate surface area is 186 Å². The summed E-state index contributed by atoms with van der Waals surface area (Å²) in [5.41, 5.74) is -0.392. The topological polar surface area (TPSA) is 75.6 Å². The molecular formula is C26H39NO4. The molecule has 0 aromatic heterocycles. The molecule has 31 heavy (non-hydrogen) atoms. The Bertz CT molecular complexity index is 726. The molecule has 172 valence electrons. The number of aliphatic hydroxyl groups is 1. The number of esters is 1. The standard InChI is InChI=1S/C26H39NO4/c1-16(25-8-17-2-18(9-25)4-19(3-17)10-25)27-22(28)14-31-23(29)13-24-6-20-5-21(7-24)12-26(30,11-20)15-24/h16-21,30H,2-15H2,1H3,(H,27,28)/t16-,17?,18?,19?,20-,21+,24?,25?,26?/m0/s1. The van der Waals surface area contributed by atoms with Gasteiger partial charge in [-0.05, 0) is 124 Å². The van der Waals surface area contributed by atoms with E-state index in [0.29, 0.717) is 18.3 Å². The Morgan fingerprint density at radius 3 is 2.00 bits per heavy atom. The molecule has 0 aromatic rings. The number of rotatable bonds is 6. The average molecular weight is 430 g/mol. The summed E-state index contributed by atoms with van der Waals surface area (Å²) in [5.74, 6) is 3.28. The van der Waals surface area contributed by atoms with Crippen molar-refractivity contribution in [3.05, 3.63) is 0 Å². The van der Waals surface area contributed by atoms with Crippen LogP contribution in [0.5, 0.6) is 0 Å². The second kappa shape index (κ2) is 6.95. The molecule has 5 heteroatoms. The fourth-order valence-corrected chi connectivity index (χ4v) is 10.3. The van der Waals surface area contributed by atoms with Gasteiger partial charge in [0.05, 0.1) is 12.0 Å². The van der Waals surface area contributed by atoms with Crippen molar-refractivity contribution >= 4 is 11.9 Å². The Balaban J connectivity index is 1.01. The molecule has 0 spiro atoms. The van der Waals surface area contributed by atoms with Crippen molar-refractivity contribution < 1.29 is 19.4 Å². The summed E-state index contributed by atoms with van der Waals surface area (Å²) < 4.78 is 5.46. The molecule has 8 fully saturated rings. The second-order valence-electron chi connectivity index (χ2n) is 13.1. The quantitative estimate of drug-likeness (QED) is 0.627. The Kier molecular flexibility index (Phi) is 4.60. The van der Waals surface area contributed by atoms with Crippen molar-refractivity contribution in [1.82, 2.24) is 5.32 Å². The Hall–Kier alpha value is -1.10. The summed E-state index contributed by atoms with van der Waals surface area (Å²) in [6.07, 6.45) is 14.2. The van der Waals surface area contributed by atoms with Gasteiger partial charge in [0.15, 0.2) is 6.61 Å². The normalized spacial score (nSPS) is 49.8. The van der Waals surface area contributed by atoms with Gasteiger partial charge in [0.25, 0.3) is 5.91 Å². The molecule has 8 rings (SSSR count). The number of nitrogens with one attached hydrogen (secondary N) is 1. The Morgan fingerprint density at radius 1 is 0.903 bits per heavy atom. The van der Waals surface area contributed by atoms with Crippen LogP contribution in [0.25, 0.3) is 0 Å². The third kappa shape index (κ3) is 3.63. The largest absolute Gasteiger partial charge is 0.456 e. The van der Waals surface area contributed by atoms with Crippen molar-refractivity contribution in [3.63, 3.8) is 0 Å². The summed E-state index contributed by atoms with van der Waals surface area (Å²) >= 11 is 0. The highest BCUT2D eigenvalue weighted by Gasteiger charge is 2.58. The van der Waals surface area contributed by atoms with Crippen LogP contribution in [-0.2, 0) is 14.3 Å². The van der Waals surface area contributed by atoms with Crippen molar-refractivity contribution in [2.45, 2.75) is 102 Å². The highest BCUT2D eigenvalue weighted by atomic mass is 16.5. The van der Waals surface area contributed by atoms with Gasteiger partial charge in [-0.25, -0.2) is 0 Å². The molecule has 8 aliphatic carbocycles. The molecule has 2 unspecified atom stereocenters. The maximum Gasteiger partial charge on any atom is 0.306 e. The maximum absolute atomic E-state index is 12.7. The molecule has 5 nitrogen and oxygen atoms in total. The van der Waals surface area contributed by atoms with E-state index in [1.807, 2.05) is 0 Å². The second-order valence-corrected chi connectivity index (χ2v) is 13.1. The zero-order chi connectivity index (χ0) is 21.4. The van der Waals surface area contributed by atoms with Crippen LogP contribution in [-0.4, -0.2) is 35.2 Å². The molecule has 0 saturated heterocycles. The van der Waals surface area contributed by atoms with Crippen LogP contribution in [0.4, 0.5) is 0 Å². The molecule has 0 aromatic carbocycles. The zero-order valence-corrected chi connectivity index (χ0v) is 19.0. The van der Waals surface area contributed by atoms with Gasteiger partial charge in [-0.3, -0.25) is 9.59 Å². The first-order chi connectivity index (χ1) is 14.7. The van der Waals surface area contributed by atoms with E-state index in [1.54, 1.807) is 0 Å². The summed E-state index contributed by atoms with van der Waals surface area (Å²) in [4.78, 5) is 25.3. The predicted molar refractivity (Wildman–Crippen MR) is 116 cm³/mol. The van der Waals surface area contributed by atoms with Crippen LogP contribution < -0.4 is 5.32 Å². The van der Waals surface area contributed by atoms with Crippen LogP contribution >= 0.6 is 0 Å². The summed E-state index contributed by atoms with van der Waals surface area (Å²) in [7, 11) is 0. The van der Waals surface area contributed by atoms with Crippen molar-refractivity contribution in [3.8, 4) is 0 Å². The number of carbonyl (C=O) groups is 2. The van der Waals surface area contributed by atoms with Crippen molar-refractivity contribution in [1.29, 1.82) is 0 Å². The lowest BCUT2D eigenvalue weighted by Crippen LogP contribution is -2.56. The fourth-order valence-electron chi connectivity index (χ4n) is 10.3. The monoisotopic (exact) mass is 429 g/mol. The fraction of sp³-hybridized carbons (Fsp3) is 0.923. The number of carbonyl (C=O) groups excluding carboxylic acids is 2. The third-order valence-corrected chi connectivity index (χ3v) is 10.4. The third-order valence-electron chi connectivity index (χ3n) is 10.4. The van der Waals surface area contributed by atoms with Crippen LogP contribution in [0.3, 0.4) is 0 Å². The lowest BCUT2D eigenvalue weighted by Gasteiger charge is -2.60. The van der Waals surface area contributed by atoms with E-state index >= 15 is 0 Å². The van der Waals surface area contributed by atoms with Gasteiger partial charge in [0.2, 0.25) is 0 Å². The smallest absolute Gasteiger partial charge is 0.306 e. The van der Waals surface area contributed by atoms with Gasteiger partial charge in [-0.15, -0.1) is 0 Å². The van der Waals surface area contributed by atoms with Crippen LogP contribution in [0.1, 0.15) is 90.4 Å². The van der Waals surface area contributed by atoms with Gasteiger partial charge >= 0.3 is 5.97 Å². The first-order valence-electron chi connectivity index (χ1n) is 12.9. The molecule has 8 saturated carbocycles. The van der Waals surface area contributed by atoms with Crippen LogP contribution in [0.15, 0.2) is 0 Å².